The van der Waals surface area contributed by atoms with Crippen molar-refractivity contribution in [3.05, 3.63) is 51.7 Å². The van der Waals surface area contributed by atoms with Gasteiger partial charge < -0.3 is 9.72 Å². The fourth-order valence-corrected chi connectivity index (χ4v) is 1.56. The summed E-state index contributed by atoms with van der Waals surface area (Å²) >= 11 is 0. The molecule has 1 N–H and O–H groups in total. The molecule has 4 nitrogen and oxygen atoms in total. The van der Waals surface area contributed by atoms with Crippen LogP contribution in [0, 0.1) is 17.5 Å². The highest BCUT2D eigenvalue weighted by Crippen LogP contribution is 2.20. The number of methoxy groups -OCH3 is 1. The van der Waals surface area contributed by atoms with Gasteiger partial charge in [-0.2, -0.15) is 0 Å². The van der Waals surface area contributed by atoms with E-state index in [1.165, 1.54) is 13.2 Å². The molecule has 0 saturated heterocycles. The molecule has 0 unspecified atom stereocenters. The quantitative estimate of drug-likeness (QED) is 0.868. The Morgan fingerprint density at radius 1 is 1.21 bits per heavy atom. The van der Waals surface area contributed by atoms with Crippen LogP contribution in [0.4, 0.5) is 13.2 Å². The maximum atomic E-state index is 13.1. The summed E-state index contributed by atoms with van der Waals surface area (Å²) in [5.74, 6) is -4.33. The molecule has 0 radical (unpaired) electrons. The van der Waals surface area contributed by atoms with E-state index in [9.17, 15) is 18.0 Å². The molecule has 0 saturated carbocycles. The molecule has 2 aromatic rings. The molecular formula is C12H9F3N2O2. The third-order valence-corrected chi connectivity index (χ3v) is 2.34. The second-order valence-corrected chi connectivity index (χ2v) is 3.77. The first-order chi connectivity index (χ1) is 9.01. The number of H-pyrrole nitrogens is 1. The van der Waals surface area contributed by atoms with E-state index in [1.807, 2.05) is 0 Å². The topological polar surface area (TPSA) is 55.0 Å². The molecule has 0 amide bonds. The van der Waals surface area contributed by atoms with E-state index in [4.69, 9.17) is 4.74 Å². The molecule has 1 heterocycles. The zero-order valence-electron chi connectivity index (χ0n) is 9.84. The molecule has 0 bridgehead atoms. The summed E-state index contributed by atoms with van der Waals surface area (Å²) in [6, 6.07) is 2.71. The van der Waals surface area contributed by atoms with E-state index in [2.05, 4.69) is 9.97 Å². The minimum absolute atomic E-state index is 0.0580. The third kappa shape index (κ3) is 2.82. The van der Waals surface area contributed by atoms with Crippen LogP contribution in [0.15, 0.2) is 23.0 Å². The van der Waals surface area contributed by atoms with Crippen LogP contribution in [0.25, 0.3) is 11.4 Å². The van der Waals surface area contributed by atoms with Gasteiger partial charge in [0.25, 0.3) is 5.56 Å². The molecule has 1 aromatic carbocycles. The zero-order valence-corrected chi connectivity index (χ0v) is 9.84. The Morgan fingerprint density at radius 3 is 2.42 bits per heavy atom. The standard InChI is InChI=1S/C12H9F3N2O2/c1-19-5-7-4-10(18)17-12(16-7)6-2-8(13)11(15)9(14)3-6/h2-4H,5H2,1H3,(H,16,17,18). The number of ether oxygens (including phenoxy) is 1. The van der Waals surface area contributed by atoms with E-state index in [1.54, 1.807) is 0 Å². The highest BCUT2D eigenvalue weighted by Gasteiger charge is 2.13. The first-order valence-electron chi connectivity index (χ1n) is 5.25. The van der Waals surface area contributed by atoms with Crippen molar-refractivity contribution >= 4 is 0 Å². The normalized spacial score (nSPS) is 10.7. The maximum absolute atomic E-state index is 13.1. The van der Waals surface area contributed by atoms with Crippen LogP contribution >= 0.6 is 0 Å². The first kappa shape index (κ1) is 13.3. The molecular weight excluding hydrogens is 261 g/mol. The van der Waals surface area contributed by atoms with Gasteiger partial charge in [0.15, 0.2) is 17.5 Å². The highest BCUT2D eigenvalue weighted by molar-refractivity contribution is 5.55. The lowest BCUT2D eigenvalue weighted by molar-refractivity contribution is 0.181. The number of aromatic nitrogens is 2. The minimum atomic E-state index is -1.57. The number of hydrogen-bond donors (Lipinski definition) is 1. The molecule has 0 fully saturated rings. The van der Waals surface area contributed by atoms with Crippen molar-refractivity contribution in [2.75, 3.05) is 7.11 Å². The second-order valence-electron chi connectivity index (χ2n) is 3.77. The van der Waals surface area contributed by atoms with E-state index in [0.29, 0.717) is 5.69 Å². The van der Waals surface area contributed by atoms with Gasteiger partial charge in [-0.1, -0.05) is 0 Å². The summed E-state index contributed by atoms with van der Waals surface area (Å²) in [4.78, 5) is 17.7. The first-order valence-corrected chi connectivity index (χ1v) is 5.25. The van der Waals surface area contributed by atoms with Gasteiger partial charge in [0.1, 0.15) is 5.82 Å². The van der Waals surface area contributed by atoms with Gasteiger partial charge in [-0.25, -0.2) is 18.2 Å². The third-order valence-electron chi connectivity index (χ3n) is 2.34. The van der Waals surface area contributed by atoms with Crippen LogP contribution in [0.1, 0.15) is 5.69 Å². The van der Waals surface area contributed by atoms with Gasteiger partial charge in [0, 0.05) is 18.7 Å². The Labute approximate surface area is 105 Å². The van der Waals surface area contributed by atoms with Gasteiger partial charge in [-0.05, 0) is 12.1 Å². The Balaban J connectivity index is 2.55. The summed E-state index contributed by atoms with van der Waals surface area (Å²) in [5.41, 5.74) is -0.264. The SMILES string of the molecule is COCc1cc(=O)[nH]c(-c2cc(F)c(F)c(F)c2)n1. The number of aromatic amines is 1. The Hall–Kier alpha value is -2.15. The van der Waals surface area contributed by atoms with Crippen molar-refractivity contribution in [2.45, 2.75) is 6.61 Å². The van der Waals surface area contributed by atoms with Crippen molar-refractivity contribution < 1.29 is 17.9 Å². The van der Waals surface area contributed by atoms with Crippen molar-refractivity contribution in [3.63, 3.8) is 0 Å². The lowest BCUT2D eigenvalue weighted by Crippen LogP contribution is -2.11. The molecule has 1 aromatic heterocycles. The molecule has 7 heteroatoms. The Bertz CT molecular complexity index is 647. The highest BCUT2D eigenvalue weighted by atomic mass is 19.2. The van der Waals surface area contributed by atoms with Gasteiger partial charge in [0.05, 0.1) is 12.3 Å². The molecule has 2 rings (SSSR count). The Morgan fingerprint density at radius 2 is 1.84 bits per heavy atom. The number of benzene rings is 1. The van der Waals surface area contributed by atoms with Crippen molar-refractivity contribution in [1.29, 1.82) is 0 Å². The summed E-state index contributed by atoms with van der Waals surface area (Å²) in [5, 5.41) is 0. The fraction of sp³-hybridized carbons (Fsp3) is 0.167. The van der Waals surface area contributed by atoms with E-state index in [-0.39, 0.29) is 18.0 Å². The maximum Gasteiger partial charge on any atom is 0.251 e. The van der Waals surface area contributed by atoms with E-state index in [0.717, 1.165) is 12.1 Å². The van der Waals surface area contributed by atoms with Crippen LogP contribution < -0.4 is 5.56 Å². The minimum Gasteiger partial charge on any atom is -0.378 e. The molecule has 0 aliphatic heterocycles. The van der Waals surface area contributed by atoms with Gasteiger partial charge >= 0.3 is 0 Å². The Kier molecular flexibility index (Phi) is 3.66. The summed E-state index contributed by atoms with van der Waals surface area (Å²) in [7, 11) is 1.42. The van der Waals surface area contributed by atoms with Crippen molar-refractivity contribution in [2.24, 2.45) is 0 Å². The lowest BCUT2D eigenvalue weighted by atomic mass is 10.2. The van der Waals surface area contributed by atoms with Gasteiger partial charge in [0.2, 0.25) is 0 Å². The number of nitrogens with one attached hydrogen (secondary N) is 1. The van der Waals surface area contributed by atoms with Crippen LogP contribution in [-0.4, -0.2) is 17.1 Å². The van der Waals surface area contributed by atoms with Crippen LogP contribution in [0.2, 0.25) is 0 Å². The largest absolute Gasteiger partial charge is 0.378 e. The van der Waals surface area contributed by atoms with Crippen LogP contribution in [0.3, 0.4) is 0 Å². The number of nitrogens with zero attached hydrogens (tertiary/aromatic N) is 1. The average Bonchev–Trinajstić information content (AvgIpc) is 2.35. The van der Waals surface area contributed by atoms with E-state index >= 15 is 0 Å². The average molecular weight is 270 g/mol. The second kappa shape index (κ2) is 5.23. The fourth-order valence-electron chi connectivity index (χ4n) is 1.56. The van der Waals surface area contributed by atoms with Crippen molar-refractivity contribution in [3.8, 4) is 11.4 Å². The predicted molar refractivity (Wildman–Crippen MR) is 60.9 cm³/mol. The molecule has 0 spiro atoms. The molecule has 0 aliphatic carbocycles. The van der Waals surface area contributed by atoms with Crippen molar-refractivity contribution in [1.82, 2.24) is 9.97 Å². The predicted octanol–water partition coefficient (Wildman–Crippen LogP) is 2.00. The van der Waals surface area contributed by atoms with Crippen LogP contribution in [0.5, 0.6) is 0 Å². The summed E-state index contributed by atoms with van der Waals surface area (Å²) in [6.45, 7) is 0.0725. The van der Waals surface area contributed by atoms with Crippen LogP contribution in [-0.2, 0) is 11.3 Å². The van der Waals surface area contributed by atoms with Gasteiger partial charge in [-0.3, -0.25) is 4.79 Å². The number of rotatable bonds is 3. The molecule has 0 aliphatic rings. The lowest BCUT2D eigenvalue weighted by Gasteiger charge is -2.05. The zero-order chi connectivity index (χ0) is 14.0. The molecule has 100 valence electrons. The molecule has 19 heavy (non-hydrogen) atoms. The number of halogens is 3. The summed E-state index contributed by atoms with van der Waals surface area (Å²) in [6.07, 6.45) is 0. The molecule has 0 atom stereocenters. The number of hydrogen-bond acceptors (Lipinski definition) is 3. The smallest absolute Gasteiger partial charge is 0.251 e. The van der Waals surface area contributed by atoms with E-state index < -0.39 is 23.0 Å². The summed E-state index contributed by atoms with van der Waals surface area (Å²) < 4.78 is 43.9. The monoisotopic (exact) mass is 270 g/mol. The van der Waals surface area contributed by atoms with Gasteiger partial charge in [-0.15, -0.1) is 0 Å².